The summed E-state index contributed by atoms with van der Waals surface area (Å²) in [5.74, 6) is 0.571. The average Bonchev–Trinajstić information content (AvgIpc) is 3.61. The Morgan fingerprint density at radius 1 is 1.17 bits per heavy atom. The Morgan fingerprint density at radius 2 is 1.94 bits per heavy atom. The van der Waals surface area contributed by atoms with Crippen molar-refractivity contribution < 1.29 is 18.7 Å². The SMILES string of the molecule is COc1ccc2c(c1)[C@]1(C(=O)N2C)N(C)C[C@H](c2ccncc2)[C@]12SC(=S)N(Cc1ccco1)C2=O. The van der Waals surface area contributed by atoms with Gasteiger partial charge in [0.25, 0.3) is 5.91 Å². The van der Waals surface area contributed by atoms with Crippen LogP contribution in [0.25, 0.3) is 0 Å². The number of aromatic nitrogens is 1. The molecule has 6 rings (SSSR count). The summed E-state index contributed by atoms with van der Waals surface area (Å²) in [6, 6.07) is 13.0. The first-order valence-electron chi connectivity index (χ1n) is 11.5. The smallest absolute Gasteiger partial charge is 0.254 e. The van der Waals surface area contributed by atoms with Crippen LogP contribution in [0.5, 0.6) is 5.75 Å². The minimum atomic E-state index is -1.29. The first-order valence-corrected chi connectivity index (χ1v) is 12.7. The lowest BCUT2D eigenvalue weighted by molar-refractivity contribution is -0.139. The number of thioether (sulfide) groups is 1. The lowest BCUT2D eigenvalue weighted by Crippen LogP contribution is -2.62. The zero-order valence-corrected chi connectivity index (χ0v) is 21.6. The third kappa shape index (κ3) is 2.80. The first-order chi connectivity index (χ1) is 17.4. The molecule has 10 heteroatoms. The molecule has 3 atom stereocenters. The highest BCUT2D eigenvalue weighted by atomic mass is 32.2. The molecule has 184 valence electrons. The number of nitrogens with zero attached hydrogens (tertiary/aromatic N) is 4. The topological polar surface area (TPSA) is 79.1 Å². The summed E-state index contributed by atoms with van der Waals surface area (Å²) < 4.78 is 10.3. The molecular formula is C26H24N4O4S2. The molecule has 0 N–H and O–H groups in total. The van der Waals surface area contributed by atoms with Crippen molar-refractivity contribution in [2.24, 2.45) is 0 Å². The molecular weight excluding hydrogens is 496 g/mol. The van der Waals surface area contributed by atoms with Crippen molar-refractivity contribution >= 4 is 45.8 Å². The van der Waals surface area contributed by atoms with Gasteiger partial charge in [-0.1, -0.05) is 24.0 Å². The minimum Gasteiger partial charge on any atom is -0.497 e. The number of likely N-dealkylation sites (tertiary alicyclic amines) is 1. The molecule has 0 saturated carbocycles. The molecule has 3 aliphatic rings. The second-order valence-electron chi connectivity index (χ2n) is 9.25. The van der Waals surface area contributed by atoms with Crippen LogP contribution < -0.4 is 9.64 Å². The molecule has 8 nitrogen and oxygen atoms in total. The van der Waals surface area contributed by atoms with Crippen LogP contribution in [-0.4, -0.2) is 63.4 Å². The number of hydrogen-bond donors (Lipinski definition) is 0. The maximum absolute atomic E-state index is 14.7. The molecule has 5 heterocycles. The molecule has 3 aromatic rings. The van der Waals surface area contributed by atoms with Crippen molar-refractivity contribution in [3.8, 4) is 5.75 Å². The molecule has 3 aliphatic heterocycles. The average molecular weight is 521 g/mol. The fourth-order valence-corrected chi connectivity index (χ4v) is 8.22. The molecule has 36 heavy (non-hydrogen) atoms. The van der Waals surface area contributed by atoms with Gasteiger partial charge in [0.05, 0.1) is 19.9 Å². The zero-order chi connectivity index (χ0) is 25.2. The number of hydrogen-bond acceptors (Lipinski definition) is 8. The van der Waals surface area contributed by atoms with Crippen LogP contribution >= 0.6 is 24.0 Å². The van der Waals surface area contributed by atoms with E-state index in [9.17, 15) is 9.59 Å². The Kier molecular flexibility index (Phi) is 5.26. The highest BCUT2D eigenvalue weighted by molar-refractivity contribution is 8.25. The van der Waals surface area contributed by atoms with Gasteiger partial charge in [0.2, 0.25) is 5.91 Å². The van der Waals surface area contributed by atoms with E-state index in [4.69, 9.17) is 21.4 Å². The minimum absolute atomic E-state index is 0.159. The van der Waals surface area contributed by atoms with E-state index >= 15 is 0 Å². The summed E-state index contributed by atoms with van der Waals surface area (Å²) in [5, 5.41) is 0. The summed E-state index contributed by atoms with van der Waals surface area (Å²) in [6.07, 6.45) is 5.01. The number of likely N-dealkylation sites (N-methyl/N-ethyl adjacent to an activating group) is 2. The number of ether oxygens (including phenoxy) is 1. The molecule has 0 unspecified atom stereocenters. The van der Waals surface area contributed by atoms with Crippen molar-refractivity contribution in [1.82, 2.24) is 14.8 Å². The van der Waals surface area contributed by atoms with Gasteiger partial charge in [0, 0.05) is 43.2 Å². The van der Waals surface area contributed by atoms with Gasteiger partial charge >= 0.3 is 0 Å². The predicted octanol–water partition coefficient (Wildman–Crippen LogP) is 3.38. The number of carbonyl (C=O) groups is 2. The van der Waals surface area contributed by atoms with E-state index in [1.807, 2.05) is 48.3 Å². The Bertz CT molecular complexity index is 1380. The maximum Gasteiger partial charge on any atom is 0.254 e. The van der Waals surface area contributed by atoms with Crippen LogP contribution in [0.1, 0.15) is 22.8 Å². The summed E-state index contributed by atoms with van der Waals surface area (Å²) in [5.41, 5.74) is 1.15. The van der Waals surface area contributed by atoms with Crippen molar-refractivity contribution in [1.29, 1.82) is 0 Å². The molecule has 2 amide bonds. The summed E-state index contributed by atoms with van der Waals surface area (Å²) in [6.45, 7) is 0.688. The molecule has 0 bridgehead atoms. The number of amides is 2. The van der Waals surface area contributed by atoms with E-state index in [0.29, 0.717) is 22.4 Å². The molecule has 2 aromatic heterocycles. The van der Waals surface area contributed by atoms with Crippen LogP contribution in [-0.2, 0) is 21.7 Å². The van der Waals surface area contributed by atoms with Crippen LogP contribution in [0.4, 0.5) is 5.69 Å². The second kappa shape index (κ2) is 8.16. The van der Waals surface area contributed by atoms with E-state index in [2.05, 4.69) is 4.98 Å². The first kappa shape index (κ1) is 23.2. The second-order valence-corrected chi connectivity index (χ2v) is 11.1. The number of furan rings is 1. The van der Waals surface area contributed by atoms with Gasteiger partial charge in [0.15, 0.2) is 5.54 Å². The molecule has 0 aliphatic carbocycles. The van der Waals surface area contributed by atoms with E-state index in [1.165, 1.54) is 11.8 Å². The number of benzene rings is 1. The van der Waals surface area contributed by atoms with Gasteiger partial charge in [-0.15, -0.1) is 0 Å². The van der Waals surface area contributed by atoms with E-state index in [1.54, 1.807) is 48.7 Å². The summed E-state index contributed by atoms with van der Waals surface area (Å²) in [4.78, 5) is 38.5. The molecule has 0 radical (unpaired) electrons. The van der Waals surface area contributed by atoms with Crippen LogP contribution in [0.2, 0.25) is 0 Å². The number of pyridine rings is 1. The normalized spacial score (nSPS) is 27.6. The highest BCUT2D eigenvalue weighted by Crippen LogP contribution is 2.66. The van der Waals surface area contributed by atoms with Gasteiger partial charge in [-0.25, -0.2) is 0 Å². The predicted molar refractivity (Wildman–Crippen MR) is 140 cm³/mol. The van der Waals surface area contributed by atoms with Crippen molar-refractivity contribution in [3.63, 3.8) is 0 Å². The lowest BCUT2D eigenvalue weighted by atomic mass is 9.72. The monoisotopic (exact) mass is 520 g/mol. The third-order valence-electron chi connectivity index (χ3n) is 7.66. The van der Waals surface area contributed by atoms with E-state index in [0.717, 1.165) is 16.8 Å². The molecule has 1 aromatic carbocycles. The van der Waals surface area contributed by atoms with Gasteiger partial charge in [-0.3, -0.25) is 24.4 Å². The summed E-state index contributed by atoms with van der Waals surface area (Å²) >= 11 is 7.14. The van der Waals surface area contributed by atoms with Gasteiger partial charge in [-0.05, 0) is 55.1 Å². The Morgan fingerprint density at radius 3 is 2.64 bits per heavy atom. The number of rotatable bonds is 4. The highest BCUT2D eigenvalue weighted by Gasteiger charge is 2.78. The molecule has 2 spiro atoms. The Labute approximate surface area is 218 Å². The van der Waals surface area contributed by atoms with Gasteiger partial charge in [-0.2, -0.15) is 0 Å². The fraction of sp³-hybridized carbons (Fsp3) is 0.308. The quantitative estimate of drug-likeness (QED) is 0.485. The van der Waals surface area contributed by atoms with Crippen molar-refractivity contribution in [3.05, 3.63) is 78.0 Å². The van der Waals surface area contributed by atoms with Gasteiger partial charge < -0.3 is 14.1 Å². The molecule has 2 fully saturated rings. The maximum atomic E-state index is 14.7. The zero-order valence-electron chi connectivity index (χ0n) is 20.0. The van der Waals surface area contributed by atoms with E-state index in [-0.39, 0.29) is 24.3 Å². The fourth-order valence-electron chi connectivity index (χ4n) is 6.09. The Balaban J connectivity index is 1.62. The van der Waals surface area contributed by atoms with Crippen LogP contribution in [0, 0.1) is 0 Å². The van der Waals surface area contributed by atoms with Crippen LogP contribution in [0.3, 0.4) is 0 Å². The number of thiocarbonyl (C=S) groups is 1. The standard InChI is InChI=1S/C26H24N4O4S2/c1-28-15-20(16-8-10-27-11-9-16)26(23(32)30(24(35)36-26)14-18-5-4-12-34-18)25(28)19-13-17(33-3)6-7-21(19)29(2)22(25)31/h4-13,20H,14-15H2,1-3H3/t20-,25-,26-/m1/s1. The third-order valence-corrected chi connectivity index (χ3v) is 9.60. The number of carbonyl (C=O) groups excluding carboxylic acids is 2. The number of fused-ring (bicyclic) bond motifs is 3. The van der Waals surface area contributed by atoms with Gasteiger partial charge in [0.1, 0.15) is 20.6 Å². The summed E-state index contributed by atoms with van der Waals surface area (Å²) in [7, 11) is 5.26. The number of anilines is 1. The largest absolute Gasteiger partial charge is 0.497 e. The Hall–Kier alpha value is -3.21. The molecule has 2 saturated heterocycles. The van der Waals surface area contributed by atoms with Crippen molar-refractivity contribution in [2.75, 3.05) is 32.6 Å². The van der Waals surface area contributed by atoms with Crippen LogP contribution in [0.15, 0.2) is 65.5 Å². The van der Waals surface area contributed by atoms with Crippen molar-refractivity contribution in [2.45, 2.75) is 22.7 Å². The van der Waals surface area contributed by atoms with E-state index < -0.39 is 10.3 Å². The lowest BCUT2D eigenvalue weighted by Gasteiger charge is -2.42. The number of methoxy groups -OCH3 is 1.